The van der Waals surface area contributed by atoms with E-state index in [2.05, 4.69) is 22.5 Å². The van der Waals surface area contributed by atoms with E-state index < -0.39 is 22.4 Å². The maximum atomic E-state index is 12.6. The fourth-order valence-electron chi connectivity index (χ4n) is 1.68. The Hall–Kier alpha value is -2.36. The SMILES string of the molecule is C=C(C)CNC(=S)NCCNc1ccc(C(F)(F)F)cc1[N+](=O)[O-]. The standard InChI is InChI=1S/C14H17F3N4O2S/c1-9(2)8-20-13(24)19-6-5-18-11-4-3-10(14(15,16)17)7-12(11)21(22)23/h3-4,7,18H,1,5-6,8H2,2H3,(H2,19,20,24). The van der Waals surface area contributed by atoms with Crippen molar-refractivity contribution in [1.82, 2.24) is 10.6 Å². The summed E-state index contributed by atoms with van der Waals surface area (Å²) in [5, 5.41) is 19.8. The topological polar surface area (TPSA) is 79.2 Å². The first kappa shape index (κ1) is 19.7. The molecule has 132 valence electrons. The van der Waals surface area contributed by atoms with Gasteiger partial charge in [-0.1, -0.05) is 12.2 Å². The Morgan fingerprint density at radius 2 is 2.00 bits per heavy atom. The largest absolute Gasteiger partial charge is 0.416 e. The van der Waals surface area contributed by atoms with E-state index in [9.17, 15) is 23.3 Å². The number of nitrogens with zero attached hydrogens (tertiary/aromatic N) is 1. The zero-order valence-electron chi connectivity index (χ0n) is 12.9. The molecule has 24 heavy (non-hydrogen) atoms. The molecule has 0 aliphatic heterocycles. The van der Waals surface area contributed by atoms with Crippen molar-refractivity contribution in [2.24, 2.45) is 0 Å². The van der Waals surface area contributed by atoms with E-state index in [1.807, 2.05) is 6.92 Å². The van der Waals surface area contributed by atoms with E-state index in [0.717, 1.165) is 17.7 Å². The first-order valence-corrected chi connectivity index (χ1v) is 7.27. The number of nitro groups is 1. The summed E-state index contributed by atoms with van der Waals surface area (Å²) in [6.45, 7) is 6.63. The van der Waals surface area contributed by atoms with Crippen molar-refractivity contribution in [2.45, 2.75) is 13.1 Å². The van der Waals surface area contributed by atoms with Crippen LogP contribution in [0.5, 0.6) is 0 Å². The van der Waals surface area contributed by atoms with Crippen LogP contribution in [0.15, 0.2) is 30.4 Å². The number of halogens is 3. The van der Waals surface area contributed by atoms with Gasteiger partial charge in [0.1, 0.15) is 5.69 Å². The number of nitro benzene ring substituents is 1. The Labute approximate surface area is 142 Å². The van der Waals surface area contributed by atoms with Gasteiger partial charge in [0.2, 0.25) is 0 Å². The minimum absolute atomic E-state index is 0.00983. The first-order chi connectivity index (χ1) is 11.1. The lowest BCUT2D eigenvalue weighted by Gasteiger charge is -2.12. The fourth-order valence-corrected chi connectivity index (χ4v) is 1.85. The van der Waals surface area contributed by atoms with Crippen LogP contribution in [0.1, 0.15) is 12.5 Å². The van der Waals surface area contributed by atoms with Crippen LogP contribution in [-0.4, -0.2) is 29.7 Å². The normalized spacial score (nSPS) is 10.8. The van der Waals surface area contributed by atoms with E-state index in [-0.39, 0.29) is 12.2 Å². The summed E-state index contributed by atoms with van der Waals surface area (Å²) in [6, 6.07) is 2.34. The van der Waals surface area contributed by atoms with Crippen molar-refractivity contribution in [3.8, 4) is 0 Å². The zero-order chi connectivity index (χ0) is 18.3. The molecule has 0 spiro atoms. The zero-order valence-corrected chi connectivity index (χ0v) is 13.7. The van der Waals surface area contributed by atoms with Crippen LogP contribution < -0.4 is 16.0 Å². The van der Waals surface area contributed by atoms with E-state index >= 15 is 0 Å². The van der Waals surface area contributed by atoms with Crippen molar-refractivity contribution in [2.75, 3.05) is 25.0 Å². The van der Waals surface area contributed by atoms with Crippen molar-refractivity contribution in [1.29, 1.82) is 0 Å². The Bertz CT molecular complexity index is 635. The van der Waals surface area contributed by atoms with Gasteiger partial charge in [0, 0.05) is 25.7 Å². The van der Waals surface area contributed by atoms with Crippen LogP contribution in [0.2, 0.25) is 0 Å². The fraction of sp³-hybridized carbons (Fsp3) is 0.357. The quantitative estimate of drug-likeness (QED) is 0.227. The van der Waals surface area contributed by atoms with Gasteiger partial charge in [-0.15, -0.1) is 0 Å². The predicted octanol–water partition coefficient (Wildman–Crippen LogP) is 3.07. The molecule has 6 nitrogen and oxygen atoms in total. The Morgan fingerprint density at radius 1 is 1.33 bits per heavy atom. The van der Waals surface area contributed by atoms with Crippen LogP contribution in [0.25, 0.3) is 0 Å². The molecule has 0 heterocycles. The highest BCUT2D eigenvalue weighted by atomic mass is 32.1. The van der Waals surface area contributed by atoms with Gasteiger partial charge in [0.15, 0.2) is 5.11 Å². The smallest absolute Gasteiger partial charge is 0.378 e. The maximum absolute atomic E-state index is 12.6. The molecule has 0 atom stereocenters. The summed E-state index contributed by atoms with van der Waals surface area (Å²) in [7, 11) is 0. The molecule has 0 aliphatic carbocycles. The average molecular weight is 362 g/mol. The van der Waals surface area contributed by atoms with Crippen LogP contribution in [0.3, 0.4) is 0 Å². The third-order valence-electron chi connectivity index (χ3n) is 2.80. The molecule has 0 radical (unpaired) electrons. The Morgan fingerprint density at radius 3 is 2.54 bits per heavy atom. The summed E-state index contributed by atoms with van der Waals surface area (Å²) >= 11 is 5.00. The monoisotopic (exact) mass is 362 g/mol. The number of rotatable bonds is 7. The number of hydrogen-bond acceptors (Lipinski definition) is 4. The van der Waals surface area contributed by atoms with Gasteiger partial charge in [-0.05, 0) is 31.3 Å². The highest BCUT2D eigenvalue weighted by Gasteiger charge is 2.32. The molecule has 0 aromatic heterocycles. The molecular weight excluding hydrogens is 345 g/mol. The molecule has 0 amide bonds. The number of alkyl halides is 3. The summed E-state index contributed by atoms with van der Waals surface area (Å²) in [6.07, 6.45) is -4.63. The number of hydrogen-bond donors (Lipinski definition) is 3. The molecule has 1 aromatic rings. The molecule has 0 unspecified atom stereocenters. The van der Waals surface area contributed by atoms with Gasteiger partial charge >= 0.3 is 6.18 Å². The van der Waals surface area contributed by atoms with Crippen molar-refractivity contribution >= 4 is 28.7 Å². The van der Waals surface area contributed by atoms with Gasteiger partial charge in [0.05, 0.1) is 10.5 Å². The van der Waals surface area contributed by atoms with Crippen LogP contribution in [0, 0.1) is 10.1 Å². The lowest BCUT2D eigenvalue weighted by atomic mass is 10.1. The highest BCUT2D eigenvalue weighted by molar-refractivity contribution is 7.80. The van der Waals surface area contributed by atoms with Crippen molar-refractivity contribution < 1.29 is 18.1 Å². The Balaban J connectivity index is 2.60. The molecular formula is C14H17F3N4O2S. The minimum Gasteiger partial charge on any atom is -0.378 e. The van der Waals surface area contributed by atoms with Gasteiger partial charge in [0.25, 0.3) is 5.69 Å². The molecule has 10 heteroatoms. The van der Waals surface area contributed by atoms with E-state index in [1.165, 1.54) is 0 Å². The number of anilines is 1. The van der Waals surface area contributed by atoms with E-state index in [4.69, 9.17) is 12.2 Å². The van der Waals surface area contributed by atoms with Crippen molar-refractivity contribution in [3.05, 3.63) is 46.0 Å². The second kappa shape index (κ2) is 8.48. The molecule has 0 aliphatic rings. The van der Waals surface area contributed by atoms with Gasteiger partial charge < -0.3 is 16.0 Å². The van der Waals surface area contributed by atoms with Crippen LogP contribution in [-0.2, 0) is 6.18 Å². The Kier molecular flexibility index (Phi) is 6.96. The molecule has 0 fully saturated rings. The van der Waals surface area contributed by atoms with E-state index in [0.29, 0.717) is 24.3 Å². The molecule has 1 aromatic carbocycles. The third-order valence-corrected chi connectivity index (χ3v) is 3.09. The predicted molar refractivity (Wildman–Crippen MR) is 90.0 cm³/mol. The van der Waals surface area contributed by atoms with Gasteiger partial charge in [-0.25, -0.2) is 0 Å². The van der Waals surface area contributed by atoms with Crippen molar-refractivity contribution in [3.63, 3.8) is 0 Å². The highest BCUT2D eigenvalue weighted by Crippen LogP contribution is 2.34. The van der Waals surface area contributed by atoms with E-state index in [1.54, 1.807) is 0 Å². The average Bonchev–Trinajstić information content (AvgIpc) is 2.48. The summed E-state index contributed by atoms with van der Waals surface area (Å²) in [5.74, 6) is 0. The summed E-state index contributed by atoms with van der Waals surface area (Å²) in [5.41, 5.74) is -0.788. The molecule has 0 saturated carbocycles. The number of nitrogens with one attached hydrogen (secondary N) is 3. The maximum Gasteiger partial charge on any atom is 0.416 e. The summed E-state index contributed by atoms with van der Waals surface area (Å²) < 4.78 is 37.8. The van der Waals surface area contributed by atoms with Gasteiger partial charge in [-0.3, -0.25) is 10.1 Å². The lowest BCUT2D eigenvalue weighted by molar-refractivity contribution is -0.384. The number of thiocarbonyl (C=S) groups is 1. The second-order valence-corrected chi connectivity index (χ2v) is 5.39. The van der Waals surface area contributed by atoms with Gasteiger partial charge in [-0.2, -0.15) is 13.2 Å². The minimum atomic E-state index is -4.63. The number of benzene rings is 1. The third kappa shape index (κ3) is 6.41. The second-order valence-electron chi connectivity index (χ2n) is 4.98. The first-order valence-electron chi connectivity index (χ1n) is 6.87. The molecule has 0 saturated heterocycles. The van der Waals surface area contributed by atoms with Crippen LogP contribution >= 0.6 is 12.2 Å². The summed E-state index contributed by atoms with van der Waals surface area (Å²) in [4.78, 5) is 10.1. The molecule has 1 rings (SSSR count). The lowest BCUT2D eigenvalue weighted by Crippen LogP contribution is -2.38. The van der Waals surface area contributed by atoms with Crippen LogP contribution in [0.4, 0.5) is 24.5 Å². The molecule has 3 N–H and O–H groups in total. The molecule has 0 bridgehead atoms.